The molecule has 2 rings (SSSR count). The Morgan fingerprint density at radius 3 is 2.42 bits per heavy atom. The van der Waals surface area contributed by atoms with Crippen molar-refractivity contribution in [2.24, 2.45) is 0 Å². The van der Waals surface area contributed by atoms with Crippen molar-refractivity contribution in [1.29, 1.82) is 0 Å². The molecule has 128 valence electrons. The minimum absolute atomic E-state index is 0.0873. The highest BCUT2D eigenvalue weighted by atomic mass is 79.9. The van der Waals surface area contributed by atoms with E-state index in [4.69, 9.17) is 0 Å². The minimum atomic E-state index is -0.0873. The Kier molecular flexibility index (Phi) is 6.98. The number of aryl methyl sites for hydroxylation is 1. The van der Waals surface area contributed by atoms with Gasteiger partial charge in [0.15, 0.2) is 0 Å². The van der Waals surface area contributed by atoms with Crippen LogP contribution in [0.4, 0.5) is 0 Å². The smallest absolute Gasteiger partial charge is 0.220 e. The van der Waals surface area contributed by atoms with E-state index in [2.05, 4.69) is 64.3 Å². The van der Waals surface area contributed by atoms with Crippen LogP contribution in [-0.4, -0.2) is 17.4 Å². The molecule has 24 heavy (non-hydrogen) atoms. The SMILES string of the molecule is CC(C)(CNC(=O)CCCCc1ccc(Br)cc1)c1ccncc1. The first-order chi connectivity index (χ1) is 11.5. The Hall–Kier alpha value is -1.68. The monoisotopic (exact) mass is 388 g/mol. The van der Waals surface area contributed by atoms with Crippen molar-refractivity contribution in [3.05, 3.63) is 64.4 Å². The van der Waals surface area contributed by atoms with Crippen molar-refractivity contribution in [1.82, 2.24) is 10.3 Å². The van der Waals surface area contributed by atoms with Gasteiger partial charge in [-0.05, 0) is 54.7 Å². The van der Waals surface area contributed by atoms with Crippen molar-refractivity contribution >= 4 is 21.8 Å². The summed E-state index contributed by atoms with van der Waals surface area (Å²) in [4.78, 5) is 16.1. The summed E-state index contributed by atoms with van der Waals surface area (Å²) in [5.74, 6) is 0.132. The molecular formula is C20H25BrN2O. The van der Waals surface area contributed by atoms with E-state index in [0.717, 1.165) is 23.7 Å². The molecule has 4 heteroatoms. The summed E-state index contributed by atoms with van der Waals surface area (Å²) in [7, 11) is 0. The number of carbonyl (C=O) groups excluding carboxylic acids is 1. The summed E-state index contributed by atoms with van der Waals surface area (Å²) in [5.41, 5.74) is 2.42. The number of carbonyl (C=O) groups is 1. The molecule has 0 aliphatic heterocycles. The van der Waals surface area contributed by atoms with Crippen LogP contribution in [0.1, 0.15) is 44.2 Å². The zero-order valence-electron chi connectivity index (χ0n) is 14.4. The van der Waals surface area contributed by atoms with Crippen LogP contribution in [-0.2, 0) is 16.6 Å². The number of aromatic nitrogens is 1. The van der Waals surface area contributed by atoms with Gasteiger partial charge in [0.2, 0.25) is 5.91 Å². The normalized spacial score (nSPS) is 11.3. The van der Waals surface area contributed by atoms with Gasteiger partial charge >= 0.3 is 0 Å². The Balaban J connectivity index is 1.67. The number of halogens is 1. The maximum absolute atomic E-state index is 12.0. The summed E-state index contributed by atoms with van der Waals surface area (Å²) < 4.78 is 1.10. The van der Waals surface area contributed by atoms with Gasteiger partial charge < -0.3 is 5.32 Å². The molecule has 0 radical (unpaired) electrons. The second-order valence-corrected chi connectivity index (χ2v) is 7.65. The van der Waals surface area contributed by atoms with Gasteiger partial charge in [-0.25, -0.2) is 0 Å². The van der Waals surface area contributed by atoms with Gasteiger partial charge in [-0.2, -0.15) is 0 Å². The summed E-state index contributed by atoms with van der Waals surface area (Å²) in [5, 5.41) is 3.06. The first-order valence-electron chi connectivity index (χ1n) is 8.39. The maximum Gasteiger partial charge on any atom is 0.220 e. The van der Waals surface area contributed by atoms with Crippen LogP contribution in [0.25, 0.3) is 0 Å². The quantitative estimate of drug-likeness (QED) is 0.668. The van der Waals surface area contributed by atoms with Crippen LogP contribution in [0.15, 0.2) is 53.3 Å². The number of rotatable bonds is 8. The molecule has 0 bridgehead atoms. The van der Waals surface area contributed by atoms with Crippen molar-refractivity contribution in [3.63, 3.8) is 0 Å². The molecule has 1 aromatic heterocycles. The molecule has 0 unspecified atom stereocenters. The topological polar surface area (TPSA) is 42.0 Å². The number of benzene rings is 1. The van der Waals surface area contributed by atoms with E-state index in [1.54, 1.807) is 12.4 Å². The second-order valence-electron chi connectivity index (χ2n) is 6.73. The van der Waals surface area contributed by atoms with Gasteiger partial charge in [0.25, 0.3) is 0 Å². The number of amides is 1. The van der Waals surface area contributed by atoms with Crippen molar-refractivity contribution in [3.8, 4) is 0 Å². The molecule has 1 amide bonds. The molecule has 0 saturated heterocycles. The molecule has 1 N–H and O–H groups in total. The second kappa shape index (κ2) is 8.97. The van der Waals surface area contributed by atoms with Crippen LogP contribution < -0.4 is 5.32 Å². The molecule has 0 aliphatic rings. The molecule has 1 heterocycles. The Morgan fingerprint density at radius 2 is 1.75 bits per heavy atom. The Labute approximate surface area is 153 Å². The molecule has 3 nitrogen and oxygen atoms in total. The van der Waals surface area contributed by atoms with E-state index < -0.39 is 0 Å². The fourth-order valence-corrected chi connectivity index (χ4v) is 2.84. The number of pyridine rings is 1. The largest absolute Gasteiger partial charge is 0.355 e. The Bertz CT molecular complexity index is 638. The highest BCUT2D eigenvalue weighted by Crippen LogP contribution is 2.21. The van der Waals surface area contributed by atoms with Crippen molar-refractivity contribution in [2.75, 3.05) is 6.54 Å². The van der Waals surface area contributed by atoms with E-state index >= 15 is 0 Å². The zero-order valence-corrected chi connectivity index (χ0v) is 16.0. The van der Waals surface area contributed by atoms with Crippen LogP contribution in [0.2, 0.25) is 0 Å². The van der Waals surface area contributed by atoms with E-state index in [0.29, 0.717) is 13.0 Å². The number of nitrogens with one attached hydrogen (secondary N) is 1. The summed E-state index contributed by atoms with van der Waals surface area (Å²) in [6, 6.07) is 12.4. The lowest BCUT2D eigenvalue weighted by molar-refractivity contribution is -0.121. The highest BCUT2D eigenvalue weighted by Gasteiger charge is 2.21. The average molecular weight is 389 g/mol. The molecule has 0 atom stereocenters. The van der Waals surface area contributed by atoms with Crippen LogP contribution in [0.3, 0.4) is 0 Å². The number of unbranched alkanes of at least 4 members (excludes halogenated alkanes) is 1. The molecule has 0 fully saturated rings. The summed E-state index contributed by atoms with van der Waals surface area (Å²) in [6.45, 7) is 4.91. The fraction of sp³-hybridized carbons (Fsp3) is 0.400. The lowest BCUT2D eigenvalue weighted by Crippen LogP contribution is -2.36. The highest BCUT2D eigenvalue weighted by molar-refractivity contribution is 9.10. The summed E-state index contributed by atoms with van der Waals surface area (Å²) >= 11 is 3.44. The maximum atomic E-state index is 12.0. The Morgan fingerprint density at radius 1 is 1.08 bits per heavy atom. The van der Waals surface area contributed by atoms with Gasteiger partial charge in [-0.3, -0.25) is 9.78 Å². The first-order valence-corrected chi connectivity index (χ1v) is 9.18. The van der Waals surface area contributed by atoms with Crippen LogP contribution in [0.5, 0.6) is 0 Å². The van der Waals surface area contributed by atoms with Crippen LogP contribution >= 0.6 is 15.9 Å². The number of hydrogen-bond donors (Lipinski definition) is 1. The minimum Gasteiger partial charge on any atom is -0.355 e. The molecule has 0 spiro atoms. The number of hydrogen-bond acceptors (Lipinski definition) is 2. The molecule has 0 aliphatic carbocycles. The predicted octanol–water partition coefficient (Wildman–Crippen LogP) is 4.65. The lowest BCUT2D eigenvalue weighted by Gasteiger charge is -2.25. The molecule has 1 aromatic carbocycles. The van der Waals surface area contributed by atoms with Crippen LogP contribution in [0, 0.1) is 0 Å². The van der Waals surface area contributed by atoms with Gasteiger partial charge in [0, 0.05) is 35.2 Å². The van der Waals surface area contributed by atoms with Gasteiger partial charge in [-0.1, -0.05) is 41.9 Å². The van der Waals surface area contributed by atoms with Crippen molar-refractivity contribution < 1.29 is 4.79 Å². The standard InChI is InChI=1S/C20H25BrN2O/c1-20(2,17-11-13-22-14-12-17)15-23-19(24)6-4-3-5-16-7-9-18(21)10-8-16/h7-14H,3-6,15H2,1-2H3,(H,23,24). The molecule has 2 aromatic rings. The van der Waals surface area contributed by atoms with Crippen molar-refractivity contribution in [2.45, 2.75) is 44.9 Å². The molecule has 0 saturated carbocycles. The predicted molar refractivity (Wildman–Crippen MR) is 102 cm³/mol. The third kappa shape index (κ3) is 6.08. The van der Waals surface area contributed by atoms with E-state index in [1.165, 1.54) is 11.1 Å². The zero-order chi connectivity index (χ0) is 17.4. The van der Waals surface area contributed by atoms with E-state index in [1.807, 2.05) is 12.1 Å². The number of nitrogens with zero attached hydrogens (tertiary/aromatic N) is 1. The van der Waals surface area contributed by atoms with E-state index in [-0.39, 0.29) is 11.3 Å². The summed E-state index contributed by atoms with van der Waals surface area (Å²) in [6.07, 6.45) is 7.13. The van der Waals surface area contributed by atoms with E-state index in [9.17, 15) is 4.79 Å². The third-order valence-corrected chi connectivity index (χ3v) is 4.75. The first kappa shape index (κ1) is 18.7. The van der Waals surface area contributed by atoms with Gasteiger partial charge in [0.05, 0.1) is 0 Å². The lowest BCUT2D eigenvalue weighted by atomic mass is 9.85. The molecular weight excluding hydrogens is 364 g/mol. The average Bonchev–Trinajstić information content (AvgIpc) is 2.59. The van der Waals surface area contributed by atoms with Gasteiger partial charge in [0.1, 0.15) is 0 Å². The third-order valence-electron chi connectivity index (χ3n) is 4.22. The van der Waals surface area contributed by atoms with Gasteiger partial charge in [-0.15, -0.1) is 0 Å². The fourth-order valence-electron chi connectivity index (χ4n) is 2.58.